The molecule has 0 atom stereocenters. The summed E-state index contributed by atoms with van der Waals surface area (Å²) in [5.74, 6) is 0.504. The Bertz CT molecular complexity index is 640. The van der Waals surface area contributed by atoms with Gasteiger partial charge < -0.3 is 4.74 Å². The van der Waals surface area contributed by atoms with Gasteiger partial charge in [-0.15, -0.1) is 0 Å². The number of ether oxygens (including phenoxy) is 1. The van der Waals surface area contributed by atoms with Crippen molar-refractivity contribution >= 4 is 23.6 Å². The van der Waals surface area contributed by atoms with Crippen molar-refractivity contribution in [2.45, 2.75) is 6.61 Å². The molecule has 0 aliphatic rings. The summed E-state index contributed by atoms with van der Waals surface area (Å²) in [7, 11) is 0. The highest BCUT2D eigenvalue weighted by Gasteiger charge is 2.16. The maximum atomic E-state index is 10.9. The zero-order chi connectivity index (χ0) is 14.5. The number of carbonyl (C=O) groups is 1. The van der Waals surface area contributed by atoms with E-state index in [1.165, 1.54) is 12.1 Å². The third-order valence-corrected chi connectivity index (χ3v) is 3.04. The van der Waals surface area contributed by atoms with Gasteiger partial charge in [-0.1, -0.05) is 17.7 Å². The summed E-state index contributed by atoms with van der Waals surface area (Å²) >= 11 is 5.96. The van der Waals surface area contributed by atoms with Crippen molar-refractivity contribution in [1.29, 1.82) is 0 Å². The van der Waals surface area contributed by atoms with Gasteiger partial charge in [0.05, 0.1) is 15.5 Å². The van der Waals surface area contributed by atoms with Crippen LogP contribution >= 0.6 is 11.6 Å². The Balaban J connectivity index is 2.17. The Labute approximate surface area is 119 Å². The molecule has 0 aromatic heterocycles. The number of carbonyl (C=O) groups excluding carboxylic acids is 1. The maximum absolute atomic E-state index is 10.9. The third kappa shape index (κ3) is 3.13. The highest BCUT2D eigenvalue weighted by molar-refractivity contribution is 6.31. The van der Waals surface area contributed by atoms with Crippen molar-refractivity contribution in [2.75, 3.05) is 0 Å². The van der Waals surface area contributed by atoms with Crippen LogP contribution in [0.5, 0.6) is 5.75 Å². The fraction of sp³-hybridized carbons (Fsp3) is 0.0714. The van der Waals surface area contributed by atoms with Crippen molar-refractivity contribution in [3.8, 4) is 5.75 Å². The first-order valence-corrected chi connectivity index (χ1v) is 6.09. The molecule has 0 aliphatic heterocycles. The molecule has 20 heavy (non-hydrogen) atoms. The van der Waals surface area contributed by atoms with Gasteiger partial charge >= 0.3 is 0 Å². The Morgan fingerprint density at radius 2 is 1.90 bits per heavy atom. The van der Waals surface area contributed by atoms with Crippen molar-refractivity contribution in [3.63, 3.8) is 0 Å². The second kappa shape index (κ2) is 6.16. The van der Waals surface area contributed by atoms with Gasteiger partial charge in [0, 0.05) is 11.6 Å². The van der Waals surface area contributed by atoms with Crippen LogP contribution in [0.4, 0.5) is 5.69 Å². The summed E-state index contributed by atoms with van der Waals surface area (Å²) in [6.07, 6.45) is 0.725. The molecule has 0 bridgehead atoms. The molecule has 2 aromatic carbocycles. The van der Waals surface area contributed by atoms with Crippen LogP contribution in [0.15, 0.2) is 42.5 Å². The van der Waals surface area contributed by atoms with Gasteiger partial charge in [0.2, 0.25) is 0 Å². The van der Waals surface area contributed by atoms with Gasteiger partial charge in [0.1, 0.15) is 18.6 Å². The number of hydrogen-bond acceptors (Lipinski definition) is 4. The molecule has 102 valence electrons. The van der Waals surface area contributed by atoms with E-state index < -0.39 is 4.92 Å². The quantitative estimate of drug-likeness (QED) is 0.479. The van der Waals surface area contributed by atoms with E-state index in [0.29, 0.717) is 16.9 Å². The number of hydrogen-bond donors (Lipinski definition) is 0. The summed E-state index contributed by atoms with van der Waals surface area (Å²) in [5, 5.41) is 11.2. The molecule has 0 unspecified atom stereocenters. The Morgan fingerprint density at radius 3 is 2.50 bits per heavy atom. The Kier molecular flexibility index (Phi) is 4.32. The lowest BCUT2D eigenvalue weighted by Gasteiger charge is -2.08. The lowest BCUT2D eigenvalue weighted by molar-refractivity contribution is -0.385. The number of benzene rings is 2. The minimum Gasteiger partial charge on any atom is -0.489 e. The van der Waals surface area contributed by atoms with E-state index in [0.717, 1.165) is 6.29 Å². The maximum Gasteiger partial charge on any atom is 0.277 e. The van der Waals surface area contributed by atoms with Crippen LogP contribution in [0.25, 0.3) is 0 Å². The van der Waals surface area contributed by atoms with E-state index in [1.54, 1.807) is 30.3 Å². The molecule has 0 heterocycles. The molecule has 6 heteroatoms. The topological polar surface area (TPSA) is 69.4 Å². The number of nitro benzene ring substituents is 1. The standard InChI is InChI=1S/C14H10ClNO4/c15-13-2-1-3-14(16(18)19)12(13)9-20-11-6-4-10(8-17)5-7-11/h1-8H,9H2. The van der Waals surface area contributed by atoms with Crippen molar-refractivity contribution < 1.29 is 14.5 Å². The minimum absolute atomic E-state index is 0.0174. The average molecular weight is 292 g/mol. The molecular weight excluding hydrogens is 282 g/mol. The number of rotatable bonds is 5. The van der Waals surface area contributed by atoms with E-state index in [9.17, 15) is 14.9 Å². The summed E-state index contributed by atoms with van der Waals surface area (Å²) in [4.78, 5) is 20.9. The molecule has 0 amide bonds. The summed E-state index contributed by atoms with van der Waals surface area (Å²) in [6, 6.07) is 10.9. The fourth-order valence-corrected chi connectivity index (χ4v) is 1.88. The van der Waals surface area contributed by atoms with E-state index in [-0.39, 0.29) is 17.3 Å². The smallest absolute Gasteiger partial charge is 0.277 e. The zero-order valence-electron chi connectivity index (χ0n) is 10.3. The van der Waals surface area contributed by atoms with Gasteiger partial charge in [0.15, 0.2) is 0 Å². The van der Waals surface area contributed by atoms with Gasteiger partial charge in [-0.05, 0) is 30.3 Å². The average Bonchev–Trinajstić information content (AvgIpc) is 2.46. The van der Waals surface area contributed by atoms with Crippen LogP contribution in [0.2, 0.25) is 5.02 Å². The monoisotopic (exact) mass is 291 g/mol. The first-order valence-electron chi connectivity index (χ1n) is 5.71. The van der Waals surface area contributed by atoms with Gasteiger partial charge in [-0.25, -0.2) is 0 Å². The molecule has 0 saturated heterocycles. The minimum atomic E-state index is -0.500. The van der Waals surface area contributed by atoms with Crippen LogP contribution in [0, 0.1) is 10.1 Å². The SMILES string of the molecule is O=Cc1ccc(OCc2c(Cl)cccc2[N+](=O)[O-])cc1. The number of halogens is 1. The molecule has 0 radical (unpaired) electrons. The predicted molar refractivity (Wildman–Crippen MR) is 74.3 cm³/mol. The lowest BCUT2D eigenvalue weighted by atomic mass is 10.2. The van der Waals surface area contributed by atoms with Crippen LogP contribution in [-0.4, -0.2) is 11.2 Å². The molecule has 0 N–H and O–H groups in total. The number of nitro groups is 1. The molecule has 0 fully saturated rings. The van der Waals surface area contributed by atoms with Gasteiger partial charge in [0.25, 0.3) is 5.69 Å². The summed E-state index contributed by atoms with van der Waals surface area (Å²) < 4.78 is 5.46. The van der Waals surface area contributed by atoms with Crippen molar-refractivity contribution in [2.24, 2.45) is 0 Å². The molecule has 2 rings (SSSR count). The molecule has 2 aromatic rings. The van der Waals surface area contributed by atoms with E-state index in [2.05, 4.69) is 0 Å². The zero-order valence-corrected chi connectivity index (χ0v) is 11.0. The Morgan fingerprint density at radius 1 is 1.20 bits per heavy atom. The molecular formula is C14H10ClNO4. The predicted octanol–water partition coefficient (Wildman–Crippen LogP) is 3.64. The van der Waals surface area contributed by atoms with E-state index in [4.69, 9.17) is 16.3 Å². The first kappa shape index (κ1) is 14.0. The van der Waals surface area contributed by atoms with Crippen molar-refractivity contribution in [1.82, 2.24) is 0 Å². The van der Waals surface area contributed by atoms with Gasteiger partial charge in [-0.2, -0.15) is 0 Å². The van der Waals surface area contributed by atoms with Crippen LogP contribution in [-0.2, 0) is 6.61 Å². The molecule has 0 saturated carbocycles. The van der Waals surface area contributed by atoms with E-state index >= 15 is 0 Å². The van der Waals surface area contributed by atoms with Crippen molar-refractivity contribution in [3.05, 3.63) is 68.7 Å². The number of aldehydes is 1. The highest BCUT2D eigenvalue weighted by atomic mass is 35.5. The molecule has 0 aliphatic carbocycles. The Hall–Kier alpha value is -2.40. The van der Waals surface area contributed by atoms with Crippen LogP contribution in [0.3, 0.4) is 0 Å². The molecule has 5 nitrogen and oxygen atoms in total. The third-order valence-electron chi connectivity index (χ3n) is 2.69. The second-order valence-electron chi connectivity index (χ2n) is 3.97. The van der Waals surface area contributed by atoms with E-state index in [1.807, 2.05) is 0 Å². The van der Waals surface area contributed by atoms with Crippen LogP contribution < -0.4 is 4.74 Å². The van der Waals surface area contributed by atoms with Gasteiger partial charge in [-0.3, -0.25) is 14.9 Å². The lowest BCUT2D eigenvalue weighted by Crippen LogP contribution is -2.01. The summed E-state index contributed by atoms with van der Waals surface area (Å²) in [6.45, 7) is -0.0174. The largest absolute Gasteiger partial charge is 0.489 e. The van der Waals surface area contributed by atoms with Crippen LogP contribution in [0.1, 0.15) is 15.9 Å². The second-order valence-corrected chi connectivity index (χ2v) is 4.38. The normalized spacial score (nSPS) is 10.1. The first-order chi connectivity index (χ1) is 9.61. The summed E-state index contributed by atoms with van der Waals surface area (Å²) in [5.41, 5.74) is 0.765. The fourth-order valence-electron chi connectivity index (χ4n) is 1.66. The molecule has 0 spiro atoms. The number of nitrogens with zero attached hydrogens (tertiary/aromatic N) is 1. The highest BCUT2D eigenvalue weighted by Crippen LogP contribution is 2.27.